The Balaban J connectivity index is 2.09. The maximum Gasteiger partial charge on any atom is 0.0948 e. The third kappa shape index (κ3) is 3.24. The smallest absolute Gasteiger partial charge is 0.0948 e. The molecule has 1 unspecified atom stereocenters. The lowest BCUT2D eigenvalue weighted by atomic mass is 10.0. The molecule has 2 rings (SSSR count). The fourth-order valence-electron chi connectivity index (χ4n) is 2.27. The highest BCUT2D eigenvalue weighted by Gasteiger charge is 2.14. The van der Waals surface area contributed by atoms with E-state index in [4.69, 9.17) is 5.73 Å². The minimum absolute atomic E-state index is 0.0550. The van der Waals surface area contributed by atoms with Gasteiger partial charge in [-0.05, 0) is 30.4 Å². The number of nitrogens with two attached hydrogens (primary N) is 1. The van der Waals surface area contributed by atoms with Gasteiger partial charge in [-0.1, -0.05) is 38.1 Å². The maximum atomic E-state index is 6.22. The number of hydrogen-bond acceptors (Lipinski definition) is 2. The lowest BCUT2D eigenvalue weighted by molar-refractivity contribution is 0.477. The van der Waals surface area contributed by atoms with Crippen molar-refractivity contribution in [1.82, 2.24) is 9.55 Å². The predicted molar refractivity (Wildman–Crippen MR) is 78.9 cm³/mol. The quantitative estimate of drug-likeness (QED) is 0.894. The summed E-state index contributed by atoms with van der Waals surface area (Å²) in [6, 6.07) is 8.57. The van der Waals surface area contributed by atoms with Crippen LogP contribution in [0.15, 0.2) is 36.8 Å². The number of benzene rings is 1. The molecule has 1 heterocycles. The van der Waals surface area contributed by atoms with Gasteiger partial charge in [0, 0.05) is 18.8 Å². The summed E-state index contributed by atoms with van der Waals surface area (Å²) in [4.78, 5) is 4.24. The van der Waals surface area contributed by atoms with E-state index < -0.39 is 0 Å². The molecule has 0 aliphatic heterocycles. The number of rotatable bonds is 5. The molecule has 0 saturated carbocycles. The molecular formula is C16H23N3. The molecule has 0 fully saturated rings. The highest BCUT2D eigenvalue weighted by Crippen LogP contribution is 2.19. The second-order valence-electron chi connectivity index (χ2n) is 5.46. The van der Waals surface area contributed by atoms with Gasteiger partial charge in [-0.25, -0.2) is 4.98 Å². The zero-order valence-electron chi connectivity index (χ0n) is 12.0. The van der Waals surface area contributed by atoms with Crippen molar-refractivity contribution in [3.05, 3.63) is 53.6 Å². The van der Waals surface area contributed by atoms with Crippen LogP contribution in [-0.2, 0) is 13.0 Å². The standard InChI is InChI=1S/C16H23N3/c1-12(2)16(17)15-10-18-11-19(15)9-8-14-7-5-4-6-13(14)3/h4-7,10-12,16H,8-9,17H2,1-3H3. The minimum atomic E-state index is 0.0550. The number of aryl methyl sites for hydroxylation is 3. The van der Waals surface area contributed by atoms with Crippen molar-refractivity contribution in [3.63, 3.8) is 0 Å². The van der Waals surface area contributed by atoms with Crippen LogP contribution < -0.4 is 5.73 Å². The first-order valence-electron chi connectivity index (χ1n) is 6.89. The van der Waals surface area contributed by atoms with Gasteiger partial charge in [-0.3, -0.25) is 0 Å². The van der Waals surface area contributed by atoms with E-state index in [9.17, 15) is 0 Å². The van der Waals surface area contributed by atoms with E-state index in [0.29, 0.717) is 5.92 Å². The molecule has 0 aliphatic carbocycles. The summed E-state index contributed by atoms with van der Waals surface area (Å²) in [5.41, 5.74) is 10.1. The van der Waals surface area contributed by atoms with E-state index in [2.05, 4.69) is 54.6 Å². The maximum absolute atomic E-state index is 6.22. The first kappa shape index (κ1) is 13.8. The Kier molecular flexibility index (Phi) is 4.38. The van der Waals surface area contributed by atoms with Gasteiger partial charge in [0.1, 0.15) is 0 Å². The molecule has 0 spiro atoms. The van der Waals surface area contributed by atoms with Crippen molar-refractivity contribution in [1.29, 1.82) is 0 Å². The Morgan fingerprint density at radius 1 is 1.26 bits per heavy atom. The van der Waals surface area contributed by atoms with E-state index in [1.807, 2.05) is 12.5 Å². The van der Waals surface area contributed by atoms with Crippen LogP contribution in [0.5, 0.6) is 0 Å². The summed E-state index contributed by atoms with van der Waals surface area (Å²) in [7, 11) is 0. The van der Waals surface area contributed by atoms with Crippen LogP contribution in [-0.4, -0.2) is 9.55 Å². The van der Waals surface area contributed by atoms with Gasteiger partial charge in [-0.15, -0.1) is 0 Å². The molecule has 1 aromatic carbocycles. The molecule has 0 radical (unpaired) electrons. The molecule has 2 N–H and O–H groups in total. The van der Waals surface area contributed by atoms with Crippen molar-refractivity contribution in [2.45, 2.75) is 39.8 Å². The number of aromatic nitrogens is 2. The summed E-state index contributed by atoms with van der Waals surface area (Å²) in [5.74, 6) is 0.425. The average Bonchev–Trinajstić information content (AvgIpc) is 2.85. The SMILES string of the molecule is Cc1ccccc1CCn1cncc1C(N)C(C)C. The highest BCUT2D eigenvalue weighted by molar-refractivity contribution is 5.25. The van der Waals surface area contributed by atoms with E-state index in [-0.39, 0.29) is 6.04 Å². The Morgan fingerprint density at radius 2 is 2.00 bits per heavy atom. The average molecular weight is 257 g/mol. The number of hydrogen-bond donors (Lipinski definition) is 1. The van der Waals surface area contributed by atoms with Crippen LogP contribution in [0.1, 0.15) is 36.7 Å². The monoisotopic (exact) mass is 257 g/mol. The van der Waals surface area contributed by atoms with E-state index in [1.165, 1.54) is 11.1 Å². The number of nitrogens with zero attached hydrogens (tertiary/aromatic N) is 2. The molecule has 0 bridgehead atoms. The zero-order chi connectivity index (χ0) is 13.8. The molecule has 1 atom stereocenters. The lowest BCUT2D eigenvalue weighted by Gasteiger charge is -2.18. The fourth-order valence-corrected chi connectivity index (χ4v) is 2.27. The topological polar surface area (TPSA) is 43.8 Å². The van der Waals surface area contributed by atoms with Gasteiger partial charge in [0.05, 0.1) is 12.0 Å². The molecule has 3 nitrogen and oxygen atoms in total. The molecule has 0 aliphatic rings. The Bertz CT molecular complexity index is 528. The highest BCUT2D eigenvalue weighted by atomic mass is 15.1. The van der Waals surface area contributed by atoms with Gasteiger partial charge in [0.15, 0.2) is 0 Å². The third-order valence-electron chi connectivity index (χ3n) is 3.69. The van der Waals surface area contributed by atoms with E-state index in [1.54, 1.807) is 0 Å². The van der Waals surface area contributed by atoms with Gasteiger partial charge >= 0.3 is 0 Å². The van der Waals surface area contributed by atoms with Gasteiger partial charge in [0.2, 0.25) is 0 Å². The molecular weight excluding hydrogens is 234 g/mol. The Morgan fingerprint density at radius 3 is 2.68 bits per heavy atom. The van der Waals surface area contributed by atoms with E-state index >= 15 is 0 Å². The molecule has 0 saturated heterocycles. The normalized spacial score (nSPS) is 12.9. The largest absolute Gasteiger partial charge is 0.333 e. The van der Waals surface area contributed by atoms with Crippen molar-refractivity contribution in [2.24, 2.45) is 11.7 Å². The molecule has 1 aromatic heterocycles. The third-order valence-corrected chi connectivity index (χ3v) is 3.69. The van der Waals surface area contributed by atoms with Crippen LogP contribution in [0.2, 0.25) is 0 Å². The minimum Gasteiger partial charge on any atom is -0.333 e. The van der Waals surface area contributed by atoms with Crippen LogP contribution >= 0.6 is 0 Å². The van der Waals surface area contributed by atoms with Crippen LogP contribution in [0.25, 0.3) is 0 Å². The molecule has 2 aromatic rings. The van der Waals surface area contributed by atoms with Gasteiger partial charge < -0.3 is 10.3 Å². The Hall–Kier alpha value is -1.61. The second-order valence-corrected chi connectivity index (χ2v) is 5.46. The first-order chi connectivity index (χ1) is 9.09. The zero-order valence-corrected chi connectivity index (χ0v) is 12.0. The summed E-state index contributed by atoms with van der Waals surface area (Å²) >= 11 is 0. The first-order valence-corrected chi connectivity index (χ1v) is 6.89. The number of imidazole rings is 1. The van der Waals surface area contributed by atoms with Gasteiger partial charge in [0.25, 0.3) is 0 Å². The van der Waals surface area contributed by atoms with Crippen molar-refractivity contribution >= 4 is 0 Å². The second kappa shape index (κ2) is 6.02. The summed E-state index contributed by atoms with van der Waals surface area (Å²) in [6.45, 7) is 7.37. The van der Waals surface area contributed by atoms with Crippen LogP contribution in [0.3, 0.4) is 0 Å². The van der Waals surface area contributed by atoms with Gasteiger partial charge in [-0.2, -0.15) is 0 Å². The van der Waals surface area contributed by atoms with E-state index in [0.717, 1.165) is 18.7 Å². The summed E-state index contributed by atoms with van der Waals surface area (Å²) in [5, 5.41) is 0. The van der Waals surface area contributed by atoms with Crippen molar-refractivity contribution in [2.75, 3.05) is 0 Å². The predicted octanol–water partition coefficient (Wildman–Crippen LogP) is 3.09. The fraction of sp³-hybridized carbons (Fsp3) is 0.438. The Labute approximate surface area is 115 Å². The van der Waals surface area contributed by atoms with Crippen molar-refractivity contribution in [3.8, 4) is 0 Å². The van der Waals surface area contributed by atoms with Crippen molar-refractivity contribution < 1.29 is 0 Å². The molecule has 102 valence electrons. The molecule has 19 heavy (non-hydrogen) atoms. The van der Waals surface area contributed by atoms with Crippen LogP contribution in [0, 0.1) is 12.8 Å². The van der Waals surface area contributed by atoms with Crippen LogP contribution in [0.4, 0.5) is 0 Å². The molecule has 3 heteroatoms. The summed E-state index contributed by atoms with van der Waals surface area (Å²) < 4.78 is 2.18. The lowest BCUT2D eigenvalue weighted by Crippen LogP contribution is -2.20. The molecule has 0 amide bonds. The summed E-state index contributed by atoms with van der Waals surface area (Å²) in [6.07, 6.45) is 4.79.